The second-order valence-corrected chi connectivity index (χ2v) is 12.6. The lowest BCUT2D eigenvalue weighted by atomic mass is 9.88. The van der Waals surface area contributed by atoms with Crippen LogP contribution in [0.3, 0.4) is 0 Å². The molecule has 39 heavy (non-hydrogen) atoms. The van der Waals surface area contributed by atoms with E-state index in [9.17, 15) is 14.4 Å². The van der Waals surface area contributed by atoms with Gasteiger partial charge in [0.15, 0.2) is 0 Å². The number of hydrogen-bond donors (Lipinski definition) is 2. The number of fused-ring (bicyclic) bond motifs is 1. The molecule has 0 radical (unpaired) electrons. The van der Waals surface area contributed by atoms with Crippen molar-refractivity contribution >= 4 is 62.9 Å². The average Bonchev–Trinajstić information content (AvgIpc) is 3.60. The molecule has 2 amide bonds. The molecule has 0 spiro atoms. The molecule has 2 N–H and O–H groups in total. The summed E-state index contributed by atoms with van der Waals surface area (Å²) in [6.07, 6.45) is 2.69. The molecule has 5 rings (SSSR count). The lowest BCUT2D eigenvalue weighted by Crippen LogP contribution is -2.20. The second kappa shape index (κ2) is 12.2. The van der Waals surface area contributed by atoms with Gasteiger partial charge < -0.3 is 15.4 Å². The van der Waals surface area contributed by atoms with Crippen molar-refractivity contribution in [2.45, 2.75) is 36.3 Å². The van der Waals surface area contributed by atoms with Crippen LogP contribution in [0, 0.1) is 5.92 Å². The fourth-order valence-electron chi connectivity index (χ4n) is 4.62. The molecule has 2 aromatic heterocycles. The zero-order valence-corrected chi connectivity index (χ0v) is 24.0. The van der Waals surface area contributed by atoms with Crippen molar-refractivity contribution in [1.82, 2.24) is 0 Å². The Kier molecular flexibility index (Phi) is 8.50. The van der Waals surface area contributed by atoms with Crippen LogP contribution in [0.2, 0.25) is 0 Å². The van der Waals surface area contributed by atoms with Crippen LogP contribution < -0.4 is 10.6 Å². The van der Waals surface area contributed by atoms with E-state index in [1.165, 1.54) is 41.5 Å². The quantitative estimate of drug-likeness (QED) is 0.168. The van der Waals surface area contributed by atoms with Crippen LogP contribution in [-0.4, -0.2) is 24.9 Å². The lowest BCUT2D eigenvalue weighted by Gasteiger charge is -2.18. The summed E-state index contributed by atoms with van der Waals surface area (Å²) in [5, 5.41) is 7.83. The Bertz CT molecular complexity index is 1480. The number of benzene rings is 2. The highest BCUT2D eigenvalue weighted by atomic mass is 32.2. The van der Waals surface area contributed by atoms with E-state index < -0.39 is 11.2 Å². The molecular formula is C30H28N2O4S3. The number of thioether (sulfide) groups is 1. The Morgan fingerprint density at radius 3 is 2.59 bits per heavy atom. The molecule has 9 heteroatoms. The van der Waals surface area contributed by atoms with Gasteiger partial charge in [-0.15, -0.1) is 34.4 Å². The molecule has 1 aliphatic carbocycles. The third kappa shape index (κ3) is 6.27. The summed E-state index contributed by atoms with van der Waals surface area (Å²) >= 11 is 4.25. The summed E-state index contributed by atoms with van der Waals surface area (Å²) in [6.45, 7) is 2.21. The Labute approximate surface area is 239 Å². The fourth-order valence-corrected chi connectivity index (χ4v) is 7.72. The molecule has 0 saturated heterocycles. The predicted molar refractivity (Wildman–Crippen MR) is 159 cm³/mol. The van der Waals surface area contributed by atoms with Crippen molar-refractivity contribution in [3.8, 4) is 0 Å². The zero-order chi connectivity index (χ0) is 27.4. The Morgan fingerprint density at radius 1 is 1.03 bits per heavy atom. The highest BCUT2D eigenvalue weighted by Gasteiger charge is 2.31. The minimum Gasteiger partial charge on any atom is -0.465 e. The maximum atomic E-state index is 13.8. The van der Waals surface area contributed by atoms with Gasteiger partial charge >= 0.3 is 5.97 Å². The first-order valence-corrected chi connectivity index (χ1v) is 15.2. The monoisotopic (exact) mass is 576 g/mol. The van der Waals surface area contributed by atoms with Gasteiger partial charge in [0, 0.05) is 15.5 Å². The summed E-state index contributed by atoms with van der Waals surface area (Å²) in [6, 6.07) is 20.6. The van der Waals surface area contributed by atoms with E-state index in [0.29, 0.717) is 27.0 Å². The summed E-state index contributed by atoms with van der Waals surface area (Å²) in [5.74, 6) is -0.285. The second-order valence-electron chi connectivity index (χ2n) is 9.40. The molecule has 0 saturated carbocycles. The number of amides is 2. The van der Waals surface area contributed by atoms with Crippen LogP contribution in [0.1, 0.15) is 54.6 Å². The normalized spacial score (nSPS) is 15.2. The molecule has 2 atom stereocenters. The molecule has 2 heterocycles. The van der Waals surface area contributed by atoms with Gasteiger partial charge in [-0.25, -0.2) is 4.79 Å². The van der Waals surface area contributed by atoms with Crippen molar-refractivity contribution in [2.75, 3.05) is 17.7 Å². The molecule has 1 aliphatic rings. The van der Waals surface area contributed by atoms with Crippen LogP contribution in [0.4, 0.5) is 10.7 Å². The highest BCUT2D eigenvalue weighted by molar-refractivity contribution is 8.00. The number of methoxy groups -OCH3 is 1. The summed E-state index contributed by atoms with van der Waals surface area (Å²) in [4.78, 5) is 41.7. The van der Waals surface area contributed by atoms with Gasteiger partial charge in [-0.2, -0.15) is 0 Å². The first kappa shape index (κ1) is 27.2. The number of carbonyl (C=O) groups is 3. The summed E-state index contributed by atoms with van der Waals surface area (Å²) in [7, 11) is 1.37. The number of ether oxygens (including phenoxy) is 1. The van der Waals surface area contributed by atoms with Gasteiger partial charge in [-0.05, 0) is 66.0 Å². The van der Waals surface area contributed by atoms with E-state index in [4.69, 9.17) is 4.74 Å². The van der Waals surface area contributed by atoms with Crippen molar-refractivity contribution in [3.05, 3.63) is 98.6 Å². The predicted octanol–water partition coefficient (Wildman–Crippen LogP) is 7.45. The highest BCUT2D eigenvalue weighted by Crippen LogP contribution is 2.42. The van der Waals surface area contributed by atoms with Crippen molar-refractivity contribution in [2.24, 2.45) is 5.92 Å². The van der Waals surface area contributed by atoms with E-state index in [1.807, 2.05) is 66.0 Å². The number of anilines is 2. The van der Waals surface area contributed by atoms with E-state index in [1.54, 1.807) is 6.07 Å². The Morgan fingerprint density at radius 2 is 1.85 bits per heavy atom. The summed E-state index contributed by atoms with van der Waals surface area (Å²) in [5.41, 5.74) is 2.97. The van der Waals surface area contributed by atoms with Crippen LogP contribution in [0.25, 0.3) is 0 Å². The third-order valence-electron chi connectivity index (χ3n) is 6.57. The number of carbonyl (C=O) groups excluding carboxylic acids is 3. The van der Waals surface area contributed by atoms with Crippen LogP contribution >= 0.6 is 34.4 Å². The van der Waals surface area contributed by atoms with Crippen molar-refractivity contribution < 1.29 is 19.1 Å². The Balaban J connectivity index is 1.41. The first-order valence-electron chi connectivity index (χ1n) is 12.6. The van der Waals surface area contributed by atoms with E-state index in [0.717, 1.165) is 40.2 Å². The fraction of sp³-hybridized carbons (Fsp3) is 0.233. The molecule has 0 fully saturated rings. The van der Waals surface area contributed by atoms with Crippen molar-refractivity contribution in [1.29, 1.82) is 0 Å². The van der Waals surface area contributed by atoms with Gasteiger partial charge in [0.2, 0.25) is 5.91 Å². The van der Waals surface area contributed by atoms with E-state index in [2.05, 4.69) is 17.6 Å². The number of hydrogen-bond acceptors (Lipinski definition) is 7. The van der Waals surface area contributed by atoms with Crippen LogP contribution in [0.5, 0.6) is 0 Å². The van der Waals surface area contributed by atoms with E-state index >= 15 is 0 Å². The molecule has 0 bridgehead atoms. The standard InChI is InChI=1S/C30H28N2O4S3/c1-18-13-14-22-24(16-18)39-29(25(22)30(35)36-2)32-28(34)26(19-8-4-3-5-9-19)38-21-11-6-10-20(17-21)31-27(33)23-12-7-15-37-23/h3-12,15,17-18,26H,13-14,16H2,1-2H3,(H,31,33)(H,32,34). The summed E-state index contributed by atoms with van der Waals surface area (Å²) < 4.78 is 5.10. The van der Waals surface area contributed by atoms with Gasteiger partial charge in [0.05, 0.1) is 17.6 Å². The molecular weight excluding hydrogens is 549 g/mol. The molecule has 2 unspecified atom stereocenters. The van der Waals surface area contributed by atoms with Gasteiger partial charge in [-0.1, -0.05) is 49.4 Å². The van der Waals surface area contributed by atoms with Crippen LogP contribution in [0.15, 0.2) is 77.0 Å². The topological polar surface area (TPSA) is 84.5 Å². The van der Waals surface area contributed by atoms with Gasteiger partial charge in [-0.3, -0.25) is 9.59 Å². The largest absolute Gasteiger partial charge is 0.465 e. The van der Waals surface area contributed by atoms with Crippen LogP contribution in [-0.2, 0) is 22.4 Å². The lowest BCUT2D eigenvalue weighted by molar-refractivity contribution is -0.115. The molecule has 6 nitrogen and oxygen atoms in total. The zero-order valence-electron chi connectivity index (χ0n) is 21.6. The Hall–Kier alpha value is -3.40. The SMILES string of the molecule is COC(=O)c1c(NC(=O)C(Sc2cccc(NC(=O)c3cccs3)c2)c2ccccc2)sc2c1CCC(C)C2. The minimum atomic E-state index is -0.585. The van der Waals surface area contributed by atoms with Gasteiger partial charge in [0.1, 0.15) is 10.3 Å². The molecule has 200 valence electrons. The first-order chi connectivity index (χ1) is 18.9. The maximum absolute atomic E-state index is 13.8. The minimum absolute atomic E-state index is 0.171. The third-order valence-corrected chi connectivity index (χ3v) is 9.86. The van der Waals surface area contributed by atoms with E-state index in [-0.39, 0.29) is 11.8 Å². The van der Waals surface area contributed by atoms with Gasteiger partial charge in [0.25, 0.3) is 5.91 Å². The number of esters is 1. The smallest absolute Gasteiger partial charge is 0.341 e. The molecule has 4 aromatic rings. The van der Waals surface area contributed by atoms with Crippen molar-refractivity contribution in [3.63, 3.8) is 0 Å². The maximum Gasteiger partial charge on any atom is 0.341 e. The number of rotatable bonds is 8. The molecule has 2 aromatic carbocycles. The number of thiophene rings is 2. The number of nitrogens with one attached hydrogen (secondary N) is 2. The average molecular weight is 577 g/mol. The molecule has 0 aliphatic heterocycles.